The summed E-state index contributed by atoms with van der Waals surface area (Å²) in [5.74, 6) is -3.59. The number of rotatable bonds is 23. The van der Waals surface area contributed by atoms with Crippen LogP contribution in [0.4, 0.5) is 0 Å². The van der Waals surface area contributed by atoms with Crippen LogP contribution in [0.15, 0.2) is 54.6 Å². The minimum atomic E-state index is -1.21. The number of hydrogen-bond donors (Lipinski definition) is 8. The van der Waals surface area contributed by atoms with Gasteiger partial charge in [-0.1, -0.05) is 82.0 Å². The Labute approximate surface area is 289 Å². The van der Waals surface area contributed by atoms with Gasteiger partial charge in [0.1, 0.15) is 29.9 Å². The Morgan fingerprint density at radius 1 is 0.612 bits per heavy atom. The summed E-state index contributed by atoms with van der Waals surface area (Å²) in [6, 6.07) is 9.93. The van der Waals surface area contributed by atoms with E-state index < -0.39 is 59.8 Å². The number of aliphatic carboxylic acids is 1. The normalized spacial score (nSPS) is 14.0. The summed E-state index contributed by atoms with van der Waals surface area (Å²) in [5, 5.41) is 30.3. The lowest BCUT2D eigenvalue weighted by Crippen LogP contribution is -2.59. The third-order valence-corrected chi connectivity index (χ3v) is 8.17. The van der Waals surface area contributed by atoms with Crippen LogP contribution in [0.25, 0.3) is 0 Å². The molecule has 0 saturated heterocycles. The smallest absolute Gasteiger partial charge is 0.326 e. The zero-order valence-electron chi connectivity index (χ0n) is 28.7. The van der Waals surface area contributed by atoms with Gasteiger partial charge >= 0.3 is 5.97 Å². The van der Waals surface area contributed by atoms with Gasteiger partial charge in [0.15, 0.2) is 0 Å². The molecule has 0 aliphatic rings. The van der Waals surface area contributed by atoms with Crippen LogP contribution in [-0.4, -0.2) is 76.6 Å². The van der Waals surface area contributed by atoms with Crippen molar-refractivity contribution in [3.8, 4) is 5.75 Å². The van der Waals surface area contributed by atoms with Crippen LogP contribution in [0.2, 0.25) is 0 Å². The van der Waals surface area contributed by atoms with E-state index >= 15 is 0 Å². The summed E-state index contributed by atoms with van der Waals surface area (Å²) in [4.78, 5) is 66.0. The maximum atomic E-state index is 13.8. The summed E-state index contributed by atoms with van der Waals surface area (Å²) < 4.78 is 0. The summed E-state index contributed by atoms with van der Waals surface area (Å²) >= 11 is 0. The van der Waals surface area contributed by atoms with Crippen molar-refractivity contribution < 1.29 is 34.2 Å². The molecule has 0 radical (unpaired) electrons. The Morgan fingerprint density at radius 3 is 1.63 bits per heavy atom. The number of nitrogens with one attached hydrogen (secondary N) is 4. The van der Waals surface area contributed by atoms with Gasteiger partial charge < -0.3 is 42.9 Å². The molecule has 0 saturated carbocycles. The number of carbonyl (C=O) groups is 5. The average Bonchev–Trinajstić information content (AvgIpc) is 3.08. The second-order valence-electron chi connectivity index (χ2n) is 12.3. The first kappa shape index (κ1) is 40.7. The maximum Gasteiger partial charge on any atom is 0.326 e. The first-order valence-electron chi connectivity index (χ1n) is 17.2. The zero-order valence-corrected chi connectivity index (χ0v) is 28.7. The monoisotopic (exact) mass is 682 g/mol. The fraction of sp³-hybridized carbons (Fsp3) is 0.528. The average molecular weight is 683 g/mol. The van der Waals surface area contributed by atoms with Crippen molar-refractivity contribution in [1.29, 1.82) is 0 Å². The van der Waals surface area contributed by atoms with E-state index in [2.05, 4.69) is 21.3 Å². The maximum absolute atomic E-state index is 13.8. The topological polar surface area (TPSA) is 226 Å². The molecule has 0 unspecified atom stereocenters. The molecule has 0 aromatic heterocycles. The standard InChI is InChI=1S/C36H54N6O7/c1-3-5-14-27(38)32(44)41-30(22-24-12-8-7-9-13-24)34(46)39-28(15-6-4-2)33(45)42-31(23-25-17-19-26(43)20-18-25)35(47)40-29(36(48)49)16-10-11-21-37/h7-9,12-13,17-20,27-31,43H,3-6,10-11,14-16,21-23,37-38H2,1-2H3,(H,39,46)(H,40,47)(H,41,44)(H,42,45)(H,48,49)/t27-,28-,29-,30-,31-/m0/s1. The summed E-state index contributed by atoms with van der Waals surface area (Å²) in [6.45, 7) is 4.31. The Morgan fingerprint density at radius 2 is 1.08 bits per heavy atom. The fourth-order valence-corrected chi connectivity index (χ4v) is 5.21. The van der Waals surface area contributed by atoms with Crippen molar-refractivity contribution >= 4 is 29.6 Å². The predicted octanol–water partition coefficient (Wildman–Crippen LogP) is 2.04. The molecule has 13 nitrogen and oxygen atoms in total. The quantitative estimate of drug-likeness (QED) is 0.0802. The molecule has 10 N–H and O–H groups in total. The molecular weight excluding hydrogens is 628 g/mol. The third kappa shape index (κ3) is 15.1. The minimum Gasteiger partial charge on any atom is -0.508 e. The number of carboxylic acids is 1. The number of benzene rings is 2. The van der Waals surface area contributed by atoms with Gasteiger partial charge in [0.05, 0.1) is 6.04 Å². The van der Waals surface area contributed by atoms with Crippen molar-refractivity contribution in [1.82, 2.24) is 21.3 Å². The summed E-state index contributed by atoms with van der Waals surface area (Å²) in [6.07, 6.45) is 5.00. The van der Waals surface area contributed by atoms with Crippen LogP contribution in [0.5, 0.6) is 5.75 Å². The van der Waals surface area contributed by atoms with Gasteiger partial charge in [0, 0.05) is 12.8 Å². The summed E-state index contributed by atoms with van der Waals surface area (Å²) in [5.41, 5.74) is 13.0. The van der Waals surface area contributed by atoms with Crippen LogP contribution in [-0.2, 0) is 36.8 Å². The number of unbranched alkanes of at least 4 members (excludes halogenated alkanes) is 3. The highest BCUT2D eigenvalue weighted by Gasteiger charge is 2.32. The first-order valence-corrected chi connectivity index (χ1v) is 17.2. The Kier molecular flexibility index (Phi) is 18.4. The number of aromatic hydroxyl groups is 1. The van der Waals surface area contributed by atoms with E-state index in [0.717, 1.165) is 24.8 Å². The lowest BCUT2D eigenvalue weighted by Gasteiger charge is -2.27. The third-order valence-electron chi connectivity index (χ3n) is 8.17. The Bertz CT molecular complexity index is 1320. The largest absolute Gasteiger partial charge is 0.508 e. The molecular formula is C36H54N6O7. The lowest BCUT2D eigenvalue weighted by atomic mass is 10.0. The molecule has 2 rings (SSSR count). The molecule has 13 heteroatoms. The minimum absolute atomic E-state index is 0.0101. The molecule has 0 aliphatic carbocycles. The highest BCUT2D eigenvalue weighted by Crippen LogP contribution is 2.13. The summed E-state index contributed by atoms with van der Waals surface area (Å²) in [7, 11) is 0. The van der Waals surface area contributed by atoms with Gasteiger partial charge in [-0.15, -0.1) is 0 Å². The number of hydrogen-bond acceptors (Lipinski definition) is 8. The van der Waals surface area contributed by atoms with E-state index in [1.807, 2.05) is 44.2 Å². The Hall–Kier alpha value is -4.49. The molecule has 270 valence electrons. The van der Waals surface area contributed by atoms with Gasteiger partial charge in [-0.05, 0) is 61.9 Å². The zero-order chi connectivity index (χ0) is 36.2. The van der Waals surface area contributed by atoms with Crippen molar-refractivity contribution in [2.75, 3.05) is 6.54 Å². The van der Waals surface area contributed by atoms with Crippen molar-refractivity contribution in [3.05, 3.63) is 65.7 Å². The van der Waals surface area contributed by atoms with Gasteiger partial charge in [-0.2, -0.15) is 0 Å². The fourth-order valence-electron chi connectivity index (χ4n) is 5.21. The highest BCUT2D eigenvalue weighted by atomic mass is 16.4. The van der Waals surface area contributed by atoms with Crippen LogP contribution in [0, 0.1) is 0 Å². The molecule has 4 amide bonds. The molecule has 2 aromatic rings. The number of amides is 4. The van der Waals surface area contributed by atoms with Crippen LogP contribution in [0.3, 0.4) is 0 Å². The number of phenols is 1. The molecule has 5 atom stereocenters. The van der Waals surface area contributed by atoms with Gasteiger partial charge in [-0.3, -0.25) is 19.2 Å². The van der Waals surface area contributed by atoms with Crippen LogP contribution >= 0.6 is 0 Å². The molecule has 0 aliphatic heterocycles. The van der Waals surface area contributed by atoms with Gasteiger partial charge in [0.2, 0.25) is 23.6 Å². The predicted molar refractivity (Wildman–Crippen MR) is 187 cm³/mol. The van der Waals surface area contributed by atoms with E-state index in [4.69, 9.17) is 11.5 Å². The highest BCUT2D eigenvalue weighted by molar-refractivity contribution is 5.95. The van der Waals surface area contributed by atoms with E-state index in [1.54, 1.807) is 12.1 Å². The molecule has 0 bridgehead atoms. The first-order chi connectivity index (χ1) is 23.5. The molecule has 0 spiro atoms. The molecule has 2 aromatic carbocycles. The van der Waals surface area contributed by atoms with E-state index in [1.165, 1.54) is 12.1 Å². The second-order valence-corrected chi connectivity index (χ2v) is 12.3. The van der Waals surface area contributed by atoms with Crippen molar-refractivity contribution in [2.24, 2.45) is 11.5 Å². The number of carboxylic acid groups (broad SMARTS) is 1. The second kappa shape index (κ2) is 22.2. The molecule has 0 fully saturated rings. The van der Waals surface area contributed by atoms with Crippen molar-refractivity contribution in [2.45, 2.75) is 115 Å². The van der Waals surface area contributed by atoms with Crippen LogP contribution in [0.1, 0.15) is 82.8 Å². The number of phenolic OH excluding ortho intramolecular Hbond substituents is 1. The Balaban J connectivity index is 2.32. The van der Waals surface area contributed by atoms with E-state index in [0.29, 0.717) is 37.8 Å². The van der Waals surface area contributed by atoms with Gasteiger partial charge in [-0.25, -0.2) is 4.79 Å². The SMILES string of the molecule is CCCC[C@H](NC(=O)[C@H](Cc1ccccc1)NC(=O)[C@@H](N)CCCC)C(=O)N[C@@H](Cc1ccc(O)cc1)C(=O)N[C@@H](CCCCN)C(=O)O. The number of carbonyl (C=O) groups excluding carboxylic acids is 4. The number of nitrogens with two attached hydrogens (primary N) is 2. The van der Waals surface area contributed by atoms with E-state index in [-0.39, 0.29) is 31.4 Å². The molecule has 49 heavy (non-hydrogen) atoms. The van der Waals surface area contributed by atoms with Crippen molar-refractivity contribution in [3.63, 3.8) is 0 Å². The van der Waals surface area contributed by atoms with E-state index in [9.17, 15) is 34.2 Å². The van der Waals surface area contributed by atoms with Gasteiger partial charge in [0.25, 0.3) is 0 Å². The molecule has 0 heterocycles. The van der Waals surface area contributed by atoms with Crippen LogP contribution < -0.4 is 32.7 Å². The lowest BCUT2D eigenvalue weighted by molar-refractivity contribution is -0.142.